The molecule has 1 aromatic heterocycles. The van der Waals surface area contributed by atoms with E-state index in [1.54, 1.807) is 11.8 Å². The maximum Gasteiger partial charge on any atom is 0.216 e. The molecule has 96 valence electrons. The molecule has 1 heterocycles. The molecule has 1 fully saturated rings. The molecule has 2 rings (SSSR count). The molecule has 0 aromatic carbocycles. The molecule has 0 aliphatic heterocycles. The van der Waals surface area contributed by atoms with E-state index in [0.29, 0.717) is 5.41 Å². The average Bonchev–Trinajstić information content (AvgIpc) is 2.74. The van der Waals surface area contributed by atoms with Crippen molar-refractivity contribution in [1.29, 1.82) is 0 Å². The highest BCUT2D eigenvalue weighted by molar-refractivity contribution is 5.30. The first-order valence-corrected chi connectivity index (χ1v) is 6.23. The van der Waals surface area contributed by atoms with Gasteiger partial charge in [-0.05, 0) is 31.2 Å². The average molecular weight is 237 g/mol. The minimum Gasteiger partial charge on any atom is -0.481 e. The van der Waals surface area contributed by atoms with Crippen LogP contribution in [-0.2, 0) is 13.6 Å². The molecule has 0 amide bonds. The number of rotatable bonds is 5. The van der Waals surface area contributed by atoms with Crippen molar-refractivity contribution in [3.8, 4) is 5.88 Å². The quantitative estimate of drug-likeness (QED) is 0.849. The zero-order chi connectivity index (χ0) is 12.6. The van der Waals surface area contributed by atoms with Crippen LogP contribution in [0.1, 0.15) is 31.5 Å². The van der Waals surface area contributed by atoms with Crippen LogP contribution >= 0.6 is 0 Å². The van der Waals surface area contributed by atoms with Gasteiger partial charge in [0.2, 0.25) is 5.88 Å². The van der Waals surface area contributed by atoms with E-state index >= 15 is 0 Å². The second-order valence-electron chi connectivity index (χ2n) is 5.72. The lowest BCUT2D eigenvalue weighted by molar-refractivity contribution is 0.367. The Morgan fingerprint density at radius 3 is 2.71 bits per heavy atom. The molecule has 1 aliphatic carbocycles. The minimum atomic E-state index is 0.543. The lowest BCUT2D eigenvalue weighted by Crippen LogP contribution is -2.18. The Hall–Kier alpha value is -1.03. The van der Waals surface area contributed by atoms with Crippen LogP contribution in [0.15, 0.2) is 0 Å². The van der Waals surface area contributed by atoms with E-state index in [9.17, 15) is 0 Å². The van der Waals surface area contributed by atoms with Crippen molar-refractivity contribution in [2.45, 2.75) is 33.7 Å². The highest BCUT2D eigenvalue weighted by atomic mass is 16.5. The Morgan fingerprint density at radius 2 is 2.18 bits per heavy atom. The number of aryl methyl sites for hydroxylation is 2. The molecule has 0 radical (unpaired) electrons. The van der Waals surface area contributed by atoms with E-state index in [1.807, 2.05) is 14.0 Å². The fourth-order valence-corrected chi connectivity index (χ4v) is 2.44. The monoisotopic (exact) mass is 237 g/mol. The molecule has 1 aromatic rings. The molecule has 4 heteroatoms. The topological polar surface area (TPSA) is 39.1 Å². The van der Waals surface area contributed by atoms with Crippen LogP contribution in [0, 0.1) is 18.3 Å². The first kappa shape index (κ1) is 12.4. The van der Waals surface area contributed by atoms with Crippen LogP contribution in [-0.4, -0.2) is 23.4 Å². The van der Waals surface area contributed by atoms with Gasteiger partial charge in [-0.2, -0.15) is 5.10 Å². The molecule has 4 nitrogen and oxygen atoms in total. The minimum absolute atomic E-state index is 0.543. The van der Waals surface area contributed by atoms with Gasteiger partial charge in [-0.15, -0.1) is 0 Å². The zero-order valence-electron chi connectivity index (χ0n) is 11.5. The Kier molecular flexibility index (Phi) is 3.17. The van der Waals surface area contributed by atoms with Gasteiger partial charge in [-0.25, -0.2) is 4.68 Å². The maximum absolute atomic E-state index is 5.37. The van der Waals surface area contributed by atoms with Gasteiger partial charge in [0.25, 0.3) is 0 Å². The van der Waals surface area contributed by atoms with Gasteiger partial charge in [0.05, 0.1) is 18.4 Å². The summed E-state index contributed by atoms with van der Waals surface area (Å²) < 4.78 is 7.17. The van der Waals surface area contributed by atoms with Crippen molar-refractivity contribution < 1.29 is 4.74 Å². The van der Waals surface area contributed by atoms with Crippen molar-refractivity contribution >= 4 is 0 Å². The number of methoxy groups -OCH3 is 1. The van der Waals surface area contributed by atoms with Crippen LogP contribution in [0.4, 0.5) is 0 Å². The standard InChI is InChI=1S/C13H23N3O/c1-9-11(12(17-5)16(4)15-9)8-14-7-10-6-13(10,2)3/h10,14H,6-8H2,1-5H3. The van der Waals surface area contributed by atoms with E-state index in [4.69, 9.17) is 4.74 Å². The van der Waals surface area contributed by atoms with E-state index in [2.05, 4.69) is 24.3 Å². The molecule has 1 N–H and O–H groups in total. The smallest absolute Gasteiger partial charge is 0.216 e. The second kappa shape index (κ2) is 4.33. The van der Waals surface area contributed by atoms with Gasteiger partial charge in [-0.1, -0.05) is 13.8 Å². The summed E-state index contributed by atoms with van der Waals surface area (Å²) in [4.78, 5) is 0. The number of aromatic nitrogens is 2. The van der Waals surface area contributed by atoms with Crippen LogP contribution < -0.4 is 10.1 Å². The van der Waals surface area contributed by atoms with Crippen LogP contribution in [0.25, 0.3) is 0 Å². The summed E-state index contributed by atoms with van der Waals surface area (Å²) in [5.74, 6) is 1.69. The SMILES string of the molecule is COc1c(CNCC2CC2(C)C)c(C)nn1C. The van der Waals surface area contributed by atoms with Gasteiger partial charge >= 0.3 is 0 Å². The van der Waals surface area contributed by atoms with Crippen molar-refractivity contribution in [3.05, 3.63) is 11.3 Å². The van der Waals surface area contributed by atoms with E-state index in [-0.39, 0.29) is 0 Å². The predicted octanol–water partition coefficient (Wildman–Crippen LogP) is 1.87. The van der Waals surface area contributed by atoms with Gasteiger partial charge < -0.3 is 10.1 Å². The molecular formula is C13H23N3O. The summed E-state index contributed by atoms with van der Waals surface area (Å²) in [6, 6.07) is 0. The number of ether oxygens (including phenoxy) is 1. The molecule has 0 saturated heterocycles. The van der Waals surface area contributed by atoms with Crippen molar-refractivity contribution in [2.75, 3.05) is 13.7 Å². The molecule has 0 spiro atoms. The van der Waals surface area contributed by atoms with Crippen LogP contribution in [0.3, 0.4) is 0 Å². The van der Waals surface area contributed by atoms with Crippen LogP contribution in [0.2, 0.25) is 0 Å². The fraction of sp³-hybridized carbons (Fsp3) is 0.769. The lowest BCUT2D eigenvalue weighted by Gasteiger charge is -2.08. The summed E-state index contributed by atoms with van der Waals surface area (Å²) in [5.41, 5.74) is 2.77. The Bertz CT molecular complexity index is 409. The summed E-state index contributed by atoms with van der Waals surface area (Å²) in [5, 5.41) is 7.89. The van der Waals surface area contributed by atoms with Crippen molar-refractivity contribution in [3.63, 3.8) is 0 Å². The first-order valence-electron chi connectivity index (χ1n) is 6.23. The molecule has 1 aliphatic rings. The van der Waals surface area contributed by atoms with E-state index in [0.717, 1.165) is 30.6 Å². The van der Waals surface area contributed by atoms with Crippen LogP contribution in [0.5, 0.6) is 5.88 Å². The number of nitrogens with one attached hydrogen (secondary N) is 1. The second-order valence-corrected chi connectivity index (χ2v) is 5.72. The highest BCUT2D eigenvalue weighted by Gasteiger charge is 2.44. The third kappa shape index (κ3) is 2.46. The number of nitrogens with zero attached hydrogens (tertiary/aromatic N) is 2. The predicted molar refractivity (Wildman–Crippen MR) is 68.1 cm³/mol. The molecule has 17 heavy (non-hydrogen) atoms. The first-order chi connectivity index (χ1) is 7.95. The fourth-order valence-electron chi connectivity index (χ4n) is 2.44. The van der Waals surface area contributed by atoms with Crippen molar-refractivity contribution in [2.24, 2.45) is 18.4 Å². The zero-order valence-corrected chi connectivity index (χ0v) is 11.5. The highest BCUT2D eigenvalue weighted by Crippen LogP contribution is 2.51. The van der Waals surface area contributed by atoms with Gasteiger partial charge in [0.1, 0.15) is 0 Å². The lowest BCUT2D eigenvalue weighted by atomic mass is 10.1. The molecule has 1 atom stereocenters. The Morgan fingerprint density at radius 1 is 1.53 bits per heavy atom. The van der Waals surface area contributed by atoms with E-state index in [1.165, 1.54) is 12.0 Å². The summed E-state index contributed by atoms with van der Waals surface area (Å²) in [6.07, 6.45) is 1.34. The van der Waals surface area contributed by atoms with Gasteiger partial charge in [0, 0.05) is 13.6 Å². The summed E-state index contributed by atoms with van der Waals surface area (Å²) in [7, 11) is 3.61. The third-order valence-electron chi connectivity index (χ3n) is 3.89. The summed E-state index contributed by atoms with van der Waals surface area (Å²) in [6.45, 7) is 8.62. The summed E-state index contributed by atoms with van der Waals surface area (Å²) >= 11 is 0. The third-order valence-corrected chi connectivity index (χ3v) is 3.89. The number of hydrogen-bond donors (Lipinski definition) is 1. The van der Waals surface area contributed by atoms with Gasteiger partial charge in [-0.3, -0.25) is 0 Å². The molecule has 1 unspecified atom stereocenters. The Labute approximate surface area is 103 Å². The molecule has 1 saturated carbocycles. The van der Waals surface area contributed by atoms with E-state index < -0.39 is 0 Å². The normalized spacial score (nSPS) is 21.6. The molecule has 0 bridgehead atoms. The molecular weight excluding hydrogens is 214 g/mol. The van der Waals surface area contributed by atoms with Gasteiger partial charge in [0.15, 0.2) is 0 Å². The maximum atomic E-state index is 5.37. The number of hydrogen-bond acceptors (Lipinski definition) is 3. The Balaban J connectivity index is 1.90. The van der Waals surface area contributed by atoms with Crippen molar-refractivity contribution in [1.82, 2.24) is 15.1 Å². The largest absolute Gasteiger partial charge is 0.481 e.